The van der Waals surface area contributed by atoms with E-state index in [9.17, 15) is 13.2 Å². The second kappa shape index (κ2) is 6.10. The monoisotopic (exact) mass is 366 g/mol. The van der Waals surface area contributed by atoms with E-state index in [1.165, 1.54) is 0 Å². The molecular weight excluding hydrogens is 348 g/mol. The Bertz CT molecular complexity index is 889. The Kier molecular flexibility index (Phi) is 4.27. The van der Waals surface area contributed by atoms with Crippen LogP contribution in [0.2, 0.25) is 0 Å². The summed E-state index contributed by atoms with van der Waals surface area (Å²) in [5.74, 6) is 0. The average Bonchev–Trinajstić information content (AvgIpc) is 2.99. The minimum atomic E-state index is -3.62. The van der Waals surface area contributed by atoms with Crippen LogP contribution in [0.3, 0.4) is 0 Å². The van der Waals surface area contributed by atoms with Gasteiger partial charge in [0, 0.05) is 6.42 Å². The van der Waals surface area contributed by atoms with E-state index in [0.717, 1.165) is 28.0 Å². The number of rotatable bonds is 3. The minimum absolute atomic E-state index is 0.263. The topological polar surface area (TPSA) is 84.5 Å². The fourth-order valence-electron chi connectivity index (χ4n) is 2.70. The lowest BCUT2D eigenvalue weighted by Crippen LogP contribution is -2.17. The number of anilines is 2. The van der Waals surface area contributed by atoms with Gasteiger partial charge in [0.2, 0.25) is 0 Å². The summed E-state index contributed by atoms with van der Waals surface area (Å²) in [7, 11) is -3.62. The van der Waals surface area contributed by atoms with Crippen molar-refractivity contribution in [2.45, 2.75) is 37.5 Å². The average molecular weight is 366 g/mol. The van der Waals surface area contributed by atoms with E-state index in [1.807, 2.05) is 13.8 Å². The lowest BCUT2D eigenvalue weighted by atomic mass is 9.97. The Balaban J connectivity index is 2.05. The van der Waals surface area contributed by atoms with Crippen molar-refractivity contribution < 1.29 is 17.9 Å². The van der Waals surface area contributed by atoms with Gasteiger partial charge in [-0.1, -0.05) is 6.07 Å². The van der Waals surface area contributed by atoms with Crippen LogP contribution in [0.1, 0.15) is 23.6 Å². The van der Waals surface area contributed by atoms with Gasteiger partial charge in [-0.2, -0.15) is 0 Å². The molecule has 2 N–H and O–H groups in total. The number of benzene rings is 1. The zero-order chi connectivity index (χ0) is 17.5. The van der Waals surface area contributed by atoms with Crippen LogP contribution in [0.5, 0.6) is 0 Å². The van der Waals surface area contributed by atoms with Gasteiger partial charge in [0.15, 0.2) is 0 Å². The zero-order valence-electron chi connectivity index (χ0n) is 13.5. The Hall–Kier alpha value is -2.06. The van der Waals surface area contributed by atoms with Crippen LogP contribution in [0, 0.1) is 13.8 Å². The number of carbonyl (C=O) groups excluding carboxylic acids is 1. The van der Waals surface area contributed by atoms with Crippen molar-refractivity contribution in [3.8, 4) is 0 Å². The molecule has 1 aromatic heterocycles. The number of nitrogens with one attached hydrogen (secondary N) is 2. The van der Waals surface area contributed by atoms with Gasteiger partial charge in [-0.05, 0) is 55.0 Å². The van der Waals surface area contributed by atoms with E-state index in [4.69, 9.17) is 4.74 Å². The maximum absolute atomic E-state index is 12.5. The number of cyclic esters (lactones) is 1. The highest BCUT2D eigenvalue weighted by Crippen LogP contribution is 2.34. The number of sulfonamides is 1. The Morgan fingerprint density at radius 2 is 2.08 bits per heavy atom. The van der Waals surface area contributed by atoms with Crippen LogP contribution in [0.15, 0.2) is 27.8 Å². The molecule has 0 saturated carbocycles. The second-order valence-corrected chi connectivity index (χ2v) is 8.65. The Labute approximate surface area is 144 Å². The third-order valence-corrected chi connectivity index (χ3v) is 6.79. The number of hydrogen-bond donors (Lipinski definition) is 2. The van der Waals surface area contributed by atoms with E-state index >= 15 is 0 Å². The fourth-order valence-corrected chi connectivity index (χ4v) is 4.81. The predicted octanol–water partition coefficient (Wildman–Crippen LogP) is 3.66. The molecule has 0 fully saturated rings. The lowest BCUT2D eigenvalue weighted by molar-refractivity contribution is 0.123. The molecule has 1 aliphatic rings. The molecule has 1 unspecified atom stereocenters. The molecule has 24 heavy (non-hydrogen) atoms. The Morgan fingerprint density at radius 3 is 2.75 bits per heavy atom. The van der Waals surface area contributed by atoms with Crippen LogP contribution in [-0.4, -0.2) is 20.6 Å². The maximum atomic E-state index is 12.5. The third kappa shape index (κ3) is 3.11. The van der Waals surface area contributed by atoms with E-state index in [2.05, 4.69) is 10.0 Å². The molecule has 1 atom stereocenters. The number of hydrogen-bond acceptors (Lipinski definition) is 5. The number of ether oxygens (including phenoxy) is 1. The number of fused-ring (bicyclic) bond motifs is 1. The molecule has 0 aliphatic carbocycles. The quantitative estimate of drug-likeness (QED) is 0.868. The molecule has 2 heterocycles. The summed E-state index contributed by atoms with van der Waals surface area (Å²) >= 11 is 1.16. The molecule has 3 rings (SSSR count). The first-order valence-electron chi connectivity index (χ1n) is 7.45. The lowest BCUT2D eigenvalue weighted by Gasteiger charge is -2.17. The molecule has 1 aliphatic heterocycles. The van der Waals surface area contributed by atoms with Gasteiger partial charge >= 0.3 is 6.09 Å². The minimum Gasteiger partial charge on any atom is -0.446 e. The first kappa shape index (κ1) is 16.8. The van der Waals surface area contributed by atoms with Crippen LogP contribution >= 0.6 is 11.3 Å². The summed E-state index contributed by atoms with van der Waals surface area (Å²) in [6.07, 6.45) is -0.256. The van der Waals surface area contributed by atoms with Crippen molar-refractivity contribution in [1.82, 2.24) is 0 Å². The van der Waals surface area contributed by atoms with Gasteiger partial charge in [0.05, 0.1) is 11.4 Å². The number of thiophene rings is 1. The molecule has 0 bridgehead atoms. The van der Waals surface area contributed by atoms with E-state index in [1.54, 1.807) is 30.5 Å². The molecule has 0 spiro atoms. The molecule has 0 radical (unpaired) electrons. The van der Waals surface area contributed by atoms with Crippen molar-refractivity contribution in [1.29, 1.82) is 0 Å². The van der Waals surface area contributed by atoms with Crippen molar-refractivity contribution in [3.63, 3.8) is 0 Å². The Morgan fingerprint density at radius 1 is 1.33 bits per heavy atom. The van der Waals surface area contributed by atoms with Gasteiger partial charge in [-0.15, -0.1) is 11.3 Å². The van der Waals surface area contributed by atoms with Gasteiger partial charge in [0.1, 0.15) is 10.3 Å². The second-order valence-electron chi connectivity index (χ2n) is 5.79. The maximum Gasteiger partial charge on any atom is 0.411 e. The van der Waals surface area contributed by atoms with Crippen molar-refractivity contribution in [3.05, 3.63) is 40.3 Å². The van der Waals surface area contributed by atoms with Crippen molar-refractivity contribution in [2.75, 3.05) is 10.0 Å². The molecule has 128 valence electrons. The first-order chi connectivity index (χ1) is 11.3. The van der Waals surface area contributed by atoms with E-state index < -0.39 is 16.1 Å². The van der Waals surface area contributed by atoms with Gasteiger partial charge in [0.25, 0.3) is 10.0 Å². The van der Waals surface area contributed by atoms with Gasteiger partial charge in [-0.25, -0.2) is 13.2 Å². The molecule has 2 aromatic rings. The van der Waals surface area contributed by atoms with Crippen LogP contribution in [-0.2, 0) is 21.2 Å². The first-order valence-corrected chi connectivity index (χ1v) is 9.81. The molecule has 1 aromatic carbocycles. The third-order valence-electron chi connectivity index (χ3n) is 4.03. The molecule has 8 heteroatoms. The summed E-state index contributed by atoms with van der Waals surface area (Å²) < 4.78 is 33.1. The van der Waals surface area contributed by atoms with Crippen molar-refractivity contribution >= 4 is 38.8 Å². The van der Waals surface area contributed by atoms with Crippen LogP contribution in [0.25, 0.3) is 0 Å². The normalized spacial score (nSPS) is 17.5. The summed E-state index contributed by atoms with van der Waals surface area (Å²) in [5, 5.41) is 4.46. The SMILES string of the molecule is Cc1c(NS(=O)(=O)c2cccs2)cc2c(c1C)NC(=O)OC(C)C2. The summed E-state index contributed by atoms with van der Waals surface area (Å²) in [5.41, 5.74) is 3.65. The standard InChI is InChI=1S/C16H18N2O4S2/c1-9-7-12-8-13(18-24(20,21)14-5-4-6-23-14)10(2)11(3)15(12)17-16(19)22-9/h4-6,8-9,18H,7H2,1-3H3,(H,17,19). The molecule has 1 amide bonds. The predicted molar refractivity (Wildman–Crippen MR) is 94.3 cm³/mol. The smallest absolute Gasteiger partial charge is 0.411 e. The molecule has 6 nitrogen and oxygen atoms in total. The number of carbonyl (C=O) groups is 1. The van der Waals surface area contributed by atoms with E-state index in [-0.39, 0.29) is 10.3 Å². The number of amides is 1. The highest BCUT2D eigenvalue weighted by Gasteiger charge is 2.24. The molecule has 0 saturated heterocycles. The summed E-state index contributed by atoms with van der Waals surface area (Å²) in [6.45, 7) is 5.48. The van der Waals surface area contributed by atoms with Crippen LogP contribution in [0.4, 0.5) is 16.2 Å². The van der Waals surface area contributed by atoms with Gasteiger partial charge < -0.3 is 4.74 Å². The summed E-state index contributed by atoms with van der Waals surface area (Å²) in [4.78, 5) is 11.7. The van der Waals surface area contributed by atoms with Crippen LogP contribution < -0.4 is 10.0 Å². The highest BCUT2D eigenvalue weighted by atomic mass is 32.2. The zero-order valence-corrected chi connectivity index (χ0v) is 15.2. The largest absolute Gasteiger partial charge is 0.446 e. The molecular formula is C16H18N2O4S2. The van der Waals surface area contributed by atoms with E-state index in [0.29, 0.717) is 17.8 Å². The summed E-state index contributed by atoms with van der Waals surface area (Å²) in [6, 6.07) is 5.03. The highest BCUT2D eigenvalue weighted by molar-refractivity contribution is 7.94. The van der Waals surface area contributed by atoms with Crippen molar-refractivity contribution in [2.24, 2.45) is 0 Å². The van der Waals surface area contributed by atoms with Gasteiger partial charge in [-0.3, -0.25) is 10.0 Å². The fraction of sp³-hybridized carbons (Fsp3) is 0.312.